The summed E-state index contributed by atoms with van der Waals surface area (Å²) in [5.41, 5.74) is 1.98. The lowest BCUT2D eigenvalue weighted by Gasteiger charge is -2.52. The molecule has 0 spiro atoms. The maximum Gasteiger partial charge on any atom is 0.262 e. The molecule has 4 unspecified atom stereocenters. The van der Waals surface area contributed by atoms with Gasteiger partial charge in [-0.05, 0) is 61.2 Å². The van der Waals surface area contributed by atoms with Gasteiger partial charge in [-0.15, -0.1) is 6.58 Å². The predicted octanol–water partition coefficient (Wildman–Crippen LogP) is 8.88. The highest BCUT2D eigenvalue weighted by Crippen LogP contribution is 2.45. The number of hydrogen-bond donors (Lipinski definition) is 0. The largest absolute Gasteiger partial charge is 0.401 e. The Bertz CT molecular complexity index is 1800. The number of ether oxygens (including phenoxy) is 3. The summed E-state index contributed by atoms with van der Waals surface area (Å²) in [5.74, 6) is 0. The van der Waals surface area contributed by atoms with Gasteiger partial charge in [0.15, 0.2) is 6.29 Å². The van der Waals surface area contributed by atoms with Crippen LogP contribution in [0.2, 0.25) is 10.1 Å². The highest BCUT2D eigenvalue weighted by atomic mass is 28.4. The van der Waals surface area contributed by atoms with Gasteiger partial charge in [-0.25, -0.2) is 0 Å². The third-order valence-electron chi connectivity index (χ3n) is 11.5. The van der Waals surface area contributed by atoms with Crippen molar-refractivity contribution in [2.75, 3.05) is 19.8 Å². The van der Waals surface area contributed by atoms with E-state index in [1.165, 1.54) is 20.7 Å². The molecule has 1 heterocycles. The van der Waals surface area contributed by atoms with Crippen molar-refractivity contribution >= 4 is 37.4 Å². The van der Waals surface area contributed by atoms with Crippen molar-refractivity contribution in [2.45, 2.75) is 102 Å². The third kappa shape index (κ3) is 8.75. The Labute approximate surface area is 338 Å². The first-order chi connectivity index (χ1) is 26.9. The molecular weight excluding hydrogens is 725 g/mol. The number of hydrogen-bond acceptors (Lipinski definition) is 5. The van der Waals surface area contributed by atoms with E-state index in [1.54, 1.807) is 0 Å². The van der Waals surface area contributed by atoms with Crippen molar-refractivity contribution in [2.24, 2.45) is 0 Å². The second-order valence-corrected chi connectivity index (χ2v) is 25.7. The van der Waals surface area contributed by atoms with Crippen LogP contribution in [0.15, 0.2) is 158 Å². The summed E-state index contributed by atoms with van der Waals surface area (Å²) in [6, 6.07) is 43.3. The van der Waals surface area contributed by atoms with Gasteiger partial charge in [0.25, 0.3) is 16.6 Å². The van der Waals surface area contributed by atoms with Gasteiger partial charge < -0.3 is 23.1 Å². The van der Waals surface area contributed by atoms with E-state index in [0.717, 1.165) is 37.0 Å². The van der Waals surface area contributed by atoms with Gasteiger partial charge in [-0.2, -0.15) is 0 Å². The van der Waals surface area contributed by atoms with E-state index in [1.807, 2.05) is 6.08 Å². The van der Waals surface area contributed by atoms with Crippen molar-refractivity contribution in [3.63, 3.8) is 0 Å². The first kappa shape index (κ1) is 42.0. The van der Waals surface area contributed by atoms with Gasteiger partial charge in [-0.3, -0.25) is 0 Å². The van der Waals surface area contributed by atoms with E-state index in [0.29, 0.717) is 19.6 Å². The van der Waals surface area contributed by atoms with Crippen LogP contribution < -0.4 is 20.7 Å². The molecule has 0 radical (unpaired) electrons. The molecule has 0 amide bonds. The molecule has 296 valence electrons. The highest BCUT2D eigenvalue weighted by molar-refractivity contribution is 7.00. The first-order valence-electron chi connectivity index (χ1n) is 20.3. The zero-order valence-electron chi connectivity index (χ0n) is 34.4. The second-order valence-electron chi connectivity index (χ2n) is 17.2. The Kier molecular flexibility index (Phi) is 13.7. The molecule has 56 heavy (non-hydrogen) atoms. The van der Waals surface area contributed by atoms with Crippen molar-refractivity contribution in [3.05, 3.63) is 158 Å². The van der Waals surface area contributed by atoms with E-state index in [9.17, 15) is 0 Å². The summed E-state index contributed by atoms with van der Waals surface area (Å²) < 4.78 is 35.3. The van der Waals surface area contributed by atoms with Crippen LogP contribution in [0.1, 0.15) is 67.2 Å². The van der Waals surface area contributed by atoms with Gasteiger partial charge >= 0.3 is 0 Å². The van der Waals surface area contributed by atoms with E-state index >= 15 is 0 Å². The summed E-state index contributed by atoms with van der Waals surface area (Å²) in [6.07, 6.45) is 6.10. The Morgan fingerprint density at radius 2 is 1.11 bits per heavy atom. The minimum atomic E-state index is -3.09. The summed E-state index contributed by atoms with van der Waals surface area (Å²) in [5, 5.41) is 4.33. The average Bonchev–Trinajstić information content (AvgIpc) is 3.20. The fraction of sp³-hybridized carbons (Fsp3) is 0.388. The predicted molar refractivity (Wildman–Crippen MR) is 236 cm³/mol. The quantitative estimate of drug-likeness (QED) is 0.0945. The minimum Gasteiger partial charge on any atom is -0.401 e. The first-order valence-corrected chi connectivity index (χ1v) is 24.2. The SMILES string of the molecule is C=CCOC1C(O[Si](c2ccccc2)(c2ccccc2)C(C)(C)C)CC(=CCOC2CCCCO2)C(=C)C1O[Si](c1ccccc1)(c1ccccc1)C(C)(C)C. The zero-order valence-corrected chi connectivity index (χ0v) is 36.4. The van der Waals surface area contributed by atoms with Gasteiger partial charge in [0, 0.05) is 13.0 Å². The lowest BCUT2D eigenvalue weighted by atomic mass is 9.84. The highest BCUT2D eigenvalue weighted by Gasteiger charge is 2.57. The molecule has 0 N–H and O–H groups in total. The Hall–Kier alpha value is -3.67. The molecule has 4 aromatic carbocycles. The number of benzene rings is 4. The molecule has 6 rings (SSSR count). The Balaban J connectivity index is 1.55. The summed E-state index contributed by atoms with van der Waals surface area (Å²) in [4.78, 5) is 0. The average molecular weight is 787 g/mol. The van der Waals surface area contributed by atoms with Gasteiger partial charge in [0.1, 0.15) is 6.10 Å². The smallest absolute Gasteiger partial charge is 0.262 e. The standard InChI is InChI=1S/C49H62O5Si2/c1-9-34-52-47-44(53-55(48(3,4)5,40-24-14-10-15-25-40)41-26-16-11-17-27-41)37-39(33-36-51-45-32-22-23-35-50-45)38(2)46(47)54-56(49(6,7)8,42-28-18-12-19-29-42)43-30-20-13-21-31-43/h9-21,24-31,33,44-47H,1-2,22-23,32,34-37H2,3-8H3. The molecule has 7 heteroatoms. The molecule has 4 aromatic rings. The zero-order chi connectivity index (χ0) is 39.8. The molecule has 2 aliphatic rings. The maximum atomic E-state index is 8.02. The Morgan fingerprint density at radius 3 is 1.52 bits per heavy atom. The van der Waals surface area contributed by atoms with Crippen LogP contribution in [0.3, 0.4) is 0 Å². The summed E-state index contributed by atoms with van der Waals surface area (Å²) >= 11 is 0. The lowest BCUT2D eigenvalue weighted by Crippen LogP contribution is -2.71. The van der Waals surface area contributed by atoms with E-state index in [2.05, 4.69) is 176 Å². The number of rotatable bonds is 14. The molecule has 5 nitrogen and oxygen atoms in total. The molecule has 1 saturated heterocycles. The topological polar surface area (TPSA) is 46.2 Å². The fourth-order valence-corrected chi connectivity index (χ4v) is 18.1. The maximum absolute atomic E-state index is 8.02. The third-order valence-corrected chi connectivity index (χ3v) is 21.5. The van der Waals surface area contributed by atoms with E-state index in [4.69, 9.17) is 29.6 Å². The molecular formula is C49H62O5Si2. The molecule has 1 saturated carbocycles. The summed E-state index contributed by atoms with van der Waals surface area (Å²) in [7, 11) is -6.13. The van der Waals surface area contributed by atoms with Crippen LogP contribution in [0, 0.1) is 0 Å². The molecule has 0 aromatic heterocycles. The Morgan fingerprint density at radius 1 is 0.643 bits per heavy atom. The fourth-order valence-electron chi connectivity index (χ4n) is 8.77. The normalized spacial score (nSPS) is 21.9. The van der Waals surface area contributed by atoms with E-state index in [-0.39, 0.29) is 22.5 Å². The van der Waals surface area contributed by atoms with Crippen LogP contribution in [0.5, 0.6) is 0 Å². The van der Waals surface area contributed by atoms with E-state index < -0.39 is 28.8 Å². The van der Waals surface area contributed by atoms with Crippen molar-refractivity contribution < 1.29 is 23.1 Å². The molecule has 2 fully saturated rings. The van der Waals surface area contributed by atoms with Crippen LogP contribution >= 0.6 is 0 Å². The van der Waals surface area contributed by atoms with Crippen molar-refractivity contribution in [1.82, 2.24) is 0 Å². The van der Waals surface area contributed by atoms with Crippen molar-refractivity contribution in [3.8, 4) is 0 Å². The molecule has 0 bridgehead atoms. The summed E-state index contributed by atoms with van der Waals surface area (Å²) in [6.45, 7) is 24.3. The lowest BCUT2D eigenvalue weighted by molar-refractivity contribution is -0.155. The molecule has 4 atom stereocenters. The second kappa shape index (κ2) is 18.3. The van der Waals surface area contributed by atoms with Crippen LogP contribution in [-0.2, 0) is 23.1 Å². The monoisotopic (exact) mass is 786 g/mol. The van der Waals surface area contributed by atoms with Gasteiger partial charge in [0.2, 0.25) is 0 Å². The van der Waals surface area contributed by atoms with Crippen LogP contribution in [-0.4, -0.2) is 61.1 Å². The van der Waals surface area contributed by atoms with Crippen molar-refractivity contribution in [1.29, 1.82) is 0 Å². The van der Waals surface area contributed by atoms with Gasteiger partial charge in [0.05, 0.1) is 25.4 Å². The van der Waals surface area contributed by atoms with Gasteiger partial charge in [-0.1, -0.05) is 182 Å². The van der Waals surface area contributed by atoms with Crippen LogP contribution in [0.25, 0.3) is 0 Å². The van der Waals surface area contributed by atoms with Crippen LogP contribution in [0.4, 0.5) is 0 Å². The minimum absolute atomic E-state index is 0.200. The molecule has 1 aliphatic heterocycles. The molecule has 1 aliphatic carbocycles.